The number of hydrogen-bond donors (Lipinski definition) is 1. The molecule has 1 fully saturated rings. The Morgan fingerprint density at radius 3 is 2.50 bits per heavy atom. The number of methoxy groups -OCH3 is 1. The summed E-state index contributed by atoms with van der Waals surface area (Å²) in [5.41, 5.74) is 0.321. The molecule has 120 valence electrons. The topological polar surface area (TPSA) is 33.7 Å². The lowest BCUT2D eigenvalue weighted by molar-refractivity contribution is 0.00187. The van der Waals surface area contributed by atoms with Crippen molar-refractivity contribution in [3.8, 4) is 0 Å². The Labute approximate surface area is 125 Å². The molecule has 1 unspecified atom stereocenters. The average Bonchev–Trinajstić information content (AvgIpc) is 2.50. The molecule has 1 atom stereocenters. The fraction of sp³-hybridized carbons (Fsp3) is 1.00. The van der Waals surface area contributed by atoms with Crippen LogP contribution in [0.3, 0.4) is 0 Å². The number of piperazine rings is 1. The van der Waals surface area contributed by atoms with Crippen LogP contribution in [0.1, 0.15) is 46.5 Å². The lowest BCUT2D eigenvalue weighted by Crippen LogP contribution is -2.64. The predicted molar refractivity (Wildman–Crippen MR) is 84.3 cm³/mol. The summed E-state index contributed by atoms with van der Waals surface area (Å²) in [5.74, 6) is 0. The Morgan fingerprint density at radius 1 is 1.15 bits per heavy atom. The van der Waals surface area contributed by atoms with E-state index in [4.69, 9.17) is 9.47 Å². The summed E-state index contributed by atoms with van der Waals surface area (Å²) >= 11 is 0. The molecule has 0 bridgehead atoms. The minimum absolute atomic E-state index is 0.321. The molecule has 4 nitrogen and oxygen atoms in total. The first-order valence-electron chi connectivity index (χ1n) is 8.27. The second-order valence-corrected chi connectivity index (χ2v) is 5.82. The van der Waals surface area contributed by atoms with Gasteiger partial charge in [-0.15, -0.1) is 0 Å². The summed E-state index contributed by atoms with van der Waals surface area (Å²) in [6.45, 7) is 12.6. The van der Waals surface area contributed by atoms with Gasteiger partial charge >= 0.3 is 0 Å². The molecule has 0 aromatic rings. The molecule has 1 heterocycles. The van der Waals surface area contributed by atoms with E-state index >= 15 is 0 Å². The van der Waals surface area contributed by atoms with Gasteiger partial charge in [-0.25, -0.2) is 0 Å². The molecule has 0 amide bonds. The molecule has 0 radical (unpaired) electrons. The van der Waals surface area contributed by atoms with Crippen molar-refractivity contribution < 1.29 is 9.47 Å². The van der Waals surface area contributed by atoms with Gasteiger partial charge in [0.25, 0.3) is 0 Å². The van der Waals surface area contributed by atoms with Crippen LogP contribution >= 0.6 is 0 Å². The molecule has 20 heavy (non-hydrogen) atoms. The van der Waals surface area contributed by atoms with Crippen molar-refractivity contribution in [1.29, 1.82) is 0 Å². The average molecular weight is 286 g/mol. The highest BCUT2D eigenvalue weighted by Crippen LogP contribution is 2.27. The molecule has 1 rings (SSSR count). The molecular formula is C16H34N2O2. The molecular weight excluding hydrogens is 252 g/mol. The second-order valence-electron chi connectivity index (χ2n) is 5.82. The number of ether oxygens (including phenoxy) is 2. The zero-order valence-electron chi connectivity index (χ0n) is 13.9. The summed E-state index contributed by atoms with van der Waals surface area (Å²) in [7, 11) is 1.74. The van der Waals surface area contributed by atoms with Gasteiger partial charge in [0.2, 0.25) is 0 Å². The van der Waals surface area contributed by atoms with Gasteiger partial charge in [0.1, 0.15) is 0 Å². The molecule has 4 heteroatoms. The van der Waals surface area contributed by atoms with E-state index < -0.39 is 0 Å². The number of nitrogens with zero attached hydrogens (tertiary/aromatic N) is 1. The van der Waals surface area contributed by atoms with E-state index in [1.54, 1.807) is 7.11 Å². The highest BCUT2D eigenvalue weighted by atomic mass is 16.5. The van der Waals surface area contributed by atoms with Gasteiger partial charge in [-0.05, 0) is 25.7 Å². The summed E-state index contributed by atoms with van der Waals surface area (Å²) in [4.78, 5) is 2.66. The van der Waals surface area contributed by atoms with E-state index in [0.717, 1.165) is 45.9 Å². The van der Waals surface area contributed by atoms with Crippen molar-refractivity contribution in [2.75, 3.05) is 46.6 Å². The van der Waals surface area contributed by atoms with E-state index in [-0.39, 0.29) is 0 Å². The molecule has 1 saturated heterocycles. The van der Waals surface area contributed by atoms with E-state index in [2.05, 4.69) is 31.0 Å². The van der Waals surface area contributed by atoms with Gasteiger partial charge in [-0.3, -0.25) is 4.90 Å². The third kappa shape index (κ3) is 4.99. The number of hydrogen-bond acceptors (Lipinski definition) is 4. The van der Waals surface area contributed by atoms with Crippen molar-refractivity contribution >= 4 is 0 Å². The number of nitrogens with one attached hydrogen (secondary N) is 1. The largest absolute Gasteiger partial charge is 0.385 e. The minimum Gasteiger partial charge on any atom is -0.385 e. The maximum absolute atomic E-state index is 5.75. The Balaban J connectivity index is 2.39. The molecule has 0 aromatic heterocycles. The van der Waals surface area contributed by atoms with Crippen molar-refractivity contribution in [1.82, 2.24) is 10.2 Å². The van der Waals surface area contributed by atoms with Gasteiger partial charge in [-0.1, -0.05) is 20.8 Å². The Hall–Kier alpha value is -0.160. The Bertz CT molecular complexity index is 245. The van der Waals surface area contributed by atoms with Crippen molar-refractivity contribution in [3.63, 3.8) is 0 Å². The Morgan fingerprint density at radius 2 is 1.90 bits per heavy atom. The lowest BCUT2D eigenvalue weighted by Gasteiger charge is -2.49. The maximum atomic E-state index is 5.75. The van der Waals surface area contributed by atoms with E-state index in [1.165, 1.54) is 19.3 Å². The van der Waals surface area contributed by atoms with Crippen LogP contribution in [0.25, 0.3) is 0 Å². The monoisotopic (exact) mass is 286 g/mol. The first-order valence-corrected chi connectivity index (χ1v) is 8.27. The first-order chi connectivity index (χ1) is 9.72. The van der Waals surface area contributed by atoms with Gasteiger partial charge in [0.15, 0.2) is 0 Å². The molecule has 0 aliphatic carbocycles. The predicted octanol–water partition coefficient (Wildman–Crippen LogP) is 2.28. The zero-order chi connectivity index (χ0) is 14.8. The van der Waals surface area contributed by atoms with Crippen molar-refractivity contribution in [2.45, 2.75) is 58.0 Å². The third-order valence-corrected chi connectivity index (χ3v) is 4.78. The van der Waals surface area contributed by atoms with Crippen molar-refractivity contribution in [2.24, 2.45) is 0 Å². The van der Waals surface area contributed by atoms with Gasteiger partial charge in [0.05, 0.1) is 6.61 Å². The van der Waals surface area contributed by atoms with Crippen LogP contribution in [0, 0.1) is 0 Å². The number of rotatable bonds is 10. The smallest absolute Gasteiger partial charge is 0.0593 e. The molecule has 0 saturated carbocycles. The van der Waals surface area contributed by atoms with Gasteiger partial charge in [0, 0.05) is 51.5 Å². The van der Waals surface area contributed by atoms with Crippen LogP contribution in [0.4, 0.5) is 0 Å². The van der Waals surface area contributed by atoms with Crippen LogP contribution < -0.4 is 5.32 Å². The summed E-state index contributed by atoms with van der Waals surface area (Å²) in [6.07, 6.45) is 4.60. The fourth-order valence-corrected chi connectivity index (χ4v) is 3.10. The normalized spacial score (nSPS) is 23.1. The molecule has 0 spiro atoms. The van der Waals surface area contributed by atoms with Crippen molar-refractivity contribution in [3.05, 3.63) is 0 Å². The van der Waals surface area contributed by atoms with E-state index in [0.29, 0.717) is 11.6 Å². The summed E-state index contributed by atoms with van der Waals surface area (Å²) < 4.78 is 10.8. The van der Waals surface area contributed by atoms with Crippen LogP contribution in [-0.4, -0.2) is 63.0 Å². The zero-order valence-corrected chi connectivity index (χ0v) is 13.9. The third-order valence-electron chi connectivity index (χ3n) is 4.78. The van der Waals surface area contributed by atoms with Crippen LogP contribution in [0.5, 0.6) is 0 Å². The molecule has 0 aromatic carbocycles. The highest BCUT2D eigenvalue weighted by molar-refractivity contribution is 4.97. The maximum Gasteiger partial charge on any atom is 0.0593 e. The Kier molecular flexibility index (Phi) is 8.69. The first kappa shape index (κ1) is 17.9. The summed E-state index contributed by atoms with van der Waals surface area (Å²) in [6, 6.07) is 0.634. The quantitative estimate of drug-likeness (QED) is 0.625. The standard InChI is InChI=1S/C16H34N2O2/c1-5-15-13-18(9-12-20-11-8-10-19-4)16(6-2,7-3)14-17-15/h15,17H,5-14H2,1-4H3. The van der Waals surface area contributed by atoms with E-state index in [1.807, 2.05) is 0 Å². The van der Waals surface area contributed by atoms with Crippen LogP contribution in [-0.2, 0) is 9.47 Å². The molecule has 1 aliphatic rings. The second kappa shape index (κ2) is 9.72. The summed E-state index contributed by atoms with van der Waals surface area (Å²) in [5, 5.41) is 3.71. The molecule has 1 N–H and O–H groups in total. The van der Waals surface area contributed by atoms with Crippen LogP contribution in [0.2, 0.25) is 0 Å². The molecule has 1 aliphatic heterocycles. The lowest BCUT2D eigenvalue weighted by atomic mass is 9.87. The fourth-order valence-electron chi connectivity index (χ4n) is 3.10. The minimum atomic E-state index is 0.321. The SMILES string of the molecule is CCC1CN(CCOCCCOC)C(CC)(CC)CN1. The highest BCUT2D eigenvalue weighted by Gasteiger charge is 2.37. The van der Waals surface area contributed by atoms with E-state index in [9.17, 15) is 0 Å². The van der Waals surface area contributed by atoms with Crippen LogP contribution in [0.15, 0.2) is 0 Å². The van der Waals surface area contributed by atoms with Gasteiger partial charge < -0.3 is 14.8 Å². The van der Waals surface area contributed by atoms with Gasteiger partial charge in [-0.2, -0.15) is 0 Å².